The molecule has 0 aliphatic carbocycles. The van der Waals surface area contributed by atoms with Crippen LogP contribution in [0.3, 0.4) is 0 Å². The van der Waals surface area contributed by atoms with Gasteiger partial charge < -0.3 is 15.6 Å². The number of allylic oxidation sites excluding steroid dienone is 1. The van der Waals surface area contributed by atoms with Gasteiger partial charge in [-0.1, -0.05) is 34.1 Å². The second kappa shape index (κ2) is 10.9. The average molecular weight is 393 g/mol. The van der Waals surface area contributed by atoms with Crippen molar-refractivity contribution in [3.8, 4) is 0 Å². The zero-order valence-electron chi connectivity index (χ0n) is 17.9. The largest absolute Gasteiger partial charge is 0.442 e. The van der Waals surface area contributed by atoms with Crippen LogP contribution in [0.1, 0.15) is 68.7 Å². The highest BCUT2D eigenvalue weighted by Gasteiger charge is 2.38. The Bertz CT molecular complexity index is 504. The molecule has 26 heavy (non-hydrogen) atoms. The van der Waals surface area contributed by atoms with Crippen molar-refractivity contribution in [1.29, 1.82) is 0 Å². The predicted molar refractivity (Wildman–Crippen MR) is 110 cm³/mol. The van der Waals surface area contributed by atoms with E-state index in [0.717, 1.165) is 24.4 Å². The third-order valence-corrected chi connectivity index (χ3v) is 5.32. The summed E-state index contributed by atoms with van der Waals surface area (Å²) in [6.45, 7) is 17.4. The van der Waals surface area contributed by atoms with E-state index < -0.39 is 23.3 Å². The molecule has 1 unspecified atom stereocenters. The minimum atomic E-state index is -0.964. The van der Waals surface area contributed by atoms with Crippen LogP contribution >= 0.6 is 11.8 Å². The third-order valence-electron chi connectivity index (χ3n) is 4.58. The summed E-state index contributed by atoms with van der Waals surface area (Å²) in [7, 11) is 0. The van der Waals surface area contributed by atoms with Gasteiger partial charge in [0, 0.05) is 6.20 Å². The third kappa shape index (κ3) is 10.2. The molecule has 0 bridgehead atoms. The molecule has 1 amide bonds. The van der Waals surface area contributed by atoms with Gasteiger partial charge in [0.25, 0.3) is 0 Å². The molecular formula is C19H37FN2O3S. The summed E-state index contributed by atoms with van der Waals surface area (Å²) in [6.07, 6.45) is 2.83. The molecule has 0 rings (SSSR count). The topological polar surface area (TPSA) is 84.9 Å². The molecular weight excluding hydrogens is 355 g/mol. The molecule has 5 nitrogen and oxygen atoms in total. The van der Waals surface area contributed by atoms with Crippen LogP contribution in [0.4, 0.5) is 9.18 Å². The molecule has 0 aliphatic heterocycles. The van der Waals surface area contributed by atoms with E-state index >= 15 is 0 Å². The van der Waals surface area contributed by atoms with E-state index in [2.05, 4.69) is 32.7 Å². The lowest BCUT2D eigenvalue weighted by molar-refractivity contribution is -0.0653. The number of carbonyl (C=O) groups excluding carboxylic acids is 1. The molecule has 0 aromatic rings. The van der Waals surface area contributed by atoms with Crippen LogP contribution in [0.2, 0.25) is 0 Å². The number of nitrogens with two attached hydrogens (primary N) is 1. The maximum Gasteiger partial charge on any atom is 0.436 e. The van der Waals surface area contributed by atoms with Gasteiger partial charge in [0.1, 0.15) is 5.60 Å². The second-order valence-corrected chi connectivity index (χ2v) is 9.06. The van der Waals surface area contributed by atoms with Crippen molar-refractivity contribution in [3.05, 3.63) is 11.1 Å². The fourth-order valence-electron chi connectivity index (χ4n) is 1.75. The Labute approximate surface area is 162 Å². The SMILES string of the molecule is CCC(C)C(C)(C)C(C)(C)O.CSC(=C/N)/C(F)=N/C(=O)OC(C)(C)C. The molecule has 154 valence electrons. The quantitative estimate of drug-likeness (QED) is 0.622. The Kier molecular flexibility index (Phi) is 11.4. The van der Waals surface area contributed by atoms with E-state index in [4.69, 9.17) is 10.5 Å². The first-order chi connectivity index (χ1) is 11.5. The highest BCUT2D eigenvalue weighted by atomic mass is 32.2. The summed E-state index contributed by atoms with van der Waals surface area (Å²) in [5.41, 5.74) is 3.86. The lowest BCUT2D eigenvalue weighted by atomic mass is 9.68. The van der Waals surface area contributed by atoms with Gasteiger partial charge in [-0.05, 0) is 52.2 Å². The maximum atomic E-state index is 13.2. The van der Waals surface area contributed by atoms with Crippen molar-refractivity contribution in [2.24, 2.45) is 22.1 Å². The van der Waals surface area contributed by atoms with Crippen LogP contribution in [0.15, 0.2) is 16.1 Å². The molecule has 3 N–H and O–H groups in total. The highest BCUT2D eigenvalue weighted by Crippen LogP contribution is 2.39. The molecule has 1 atom stereocenters. The van der Waals surface area contributed by atoms with Gasteiger partial charge in [0.05, 0.1) is 10.5 Å². The van der Waals surface area contributed by atoms with Crippen LogP contribution in [-0.2, 0) is 4.74 Å². The van der Waals surface area contributed by atoms with Gasteiger partial charge in [-0.2, -0.15) is 4.39 Å². The van der Waals surface area contributed by atoms with Crippen LogP contribution in [0.5, 0.6) is 0 Å². The second-order valence-electron chi connectivity index (χ2n) is 8.21. The first-order valence-corrected chi connectivity index (χ1v) is 9.91. The van der Waals surface area contributed by atoms with E-state index in [-0.39, 0.29) is 10.3 Å². The summed E-state index contributed by atoms with van der Waals surface area (Å²) in [5, 5.41) is 9.85. The Morgan fingerprint density at radius 1 is 1.27 bits per heavy atom. The Morgan fingerprint density at radius 2 is 1.73 bits per heavy atom. The number of ether oxygens (including phenoxy) is 1. The number of hydrogen-bond donors (Lipinski definition) is 2. The molecule has 7 heteroatoms. The van der Waals surface area contributed by atoms with Gasteiger partial charge in [0.15, 0.2) is 0 Å². The number of hydrogen-bond acceptors (Lipinski definition) is 5. The van der Waals surface area contributed by atoms with Crippen molar-refractivity contribution in [1.82, 2.24) is 0 Å². The zero-order chi connectivity index (χ0) is 21.3. The van der Waals surface area contributed by atoms with Gasteiger partial charge in [-0.15, -0.1) is 16.8 Å². The summed E-state index contributed by atoms with van der Waals surface area (Å²) in [4.78, 5) is 14.3. The monoisotopic (exact) mass is 392 g/mol. The Balaban J connectivity index is 0. The molecule has 0 spiro atoms. The molecule has 0 aromatic heterocycles. The van der Waals surface area contributed by atoms with Crippen LogP contribution < -0.4 is 5.73 Å². The lowest BCUT2D eigenvalue weighted by Crippen LogP contribution is -2.43. The smallest absolute Gasteiger partial charge is 0.436 e. The normalized spacial score (nSPS) is 15.1. The van der Waals surface area contributed by atoms with Crippen LogP contribution in [0, 0.1) is 11.3 Å². The number of nitrogens with zero attached hydrogens (tertiary/aromatic N) is 1. The van der Waals surface area contributed by atoms with Crippen molar-refractivity contribution in [2.45, 2.75) is 79.9 Å². The summed E-state index contributed by atoms with van der Waals surface area (Å²) < 4.78 is 18.0. The zero-order valence-corrected chi connectivity index (χ0v) is 18.8. The maximum absolute atomic E-state index is 13.2. The van der Waals surface area contributed by atoms with Crippen LogP contribution in [0.25, 0.3) is 0 Å². The molecule has 0 aliphatic rings. The summed E-state index contributed by atoms with van der Waals surface area (Å²) in [5.74, 6) is -0.373. The summed E-state index contributed by atoms with van der Waals surface area (Å²) in [6, 6.07) is 0. The number of thioether (sulfide) groups is 1. The molecule has 0 saturated heterocycles. The van der Waals surface area contributed by atoms with E-state index in [9.17, 15) is 14.3 Å². The average Bonchev–Trinajstić information content (AvgIpc) is 2.44. The van der Waals surface area contributed by atoms with E-state index in [0.29, 0.717) is 5.92 Å². The minimum Gasteiger partial charge on any atom is -0.442 e. The minimum absolute atomic E-state index is 0.00174. The number of carbonyl (C=O) groups is 1. The number of aliphatic imine (C=N–C) groups is 1. The van der Waals surface area contributed by atoms with Crippen molar-refractivity contribution < 1.29 is 19.0 Å². The molecule has 0 saturated carbocycles. The fourth-order valence-corrected chi connectivity index (χ4v) is 2.10. The lowest BCUT2D eigenvalue weighted by Gasteiger charge is -2.42. The Hall–Kier alpha value is -1.08. The standard InChI is InChI=1S/C10H22O.C9H15FN2O2S/c1-7-8(2)9(3,4)10(5,6)11;1-9(2,3)14-8(13)12-7(10)6(5-11)15-4/h8,11H,7H2,1-6H3;5H,11H2,1-4H3/b;6-5+,12-7-. The molecule has 0 fully saturated rings. The van der Waals surface area contributed by atoms with E-state index in [1.165, 1.54) is 0 Å². The van der Waals surface area contributed by atoms with Gasteiger partial charge in [-0.3, -0.25) is 0 Å². The first-order valence-electron chi connectivity index (χ1n) is 8.69. The van der Waals surface area contributed by atoms with Crippen LogP contribution in [-0.4, -0.2) is 34.6 Å². The van der Waals surface area contributed by atoms with Crippen molar-refractivity contribution in [3.63, 3.8) is 0 Å². The highest BCUT2D eigenvalue weighted by molar-refractivity contribution is 8.03. The number of aliphatic hydroxyl groups is 1. The van der Waals surface area contributed by atoms with Crippen molar-refractivity contribution in [2.75, 3.05) is 6.26 Å². The van der Waals surface area contributed by atoms with E-state index in [1.807, 2.05) is 13.8 Å². The number of amides is 1. The number of rotatable bonds is 5. The summed E-state index contributed by atoms with van der Waals surface area (Å²) >= 11 is 1.06. The number of halogens is 1. The predicted octanol–water partition coefficient (Wildman–Crippen LogP) is 5.28. The van der Waals surface area contributed by atoms with Gasteiger partial charge >= 0.3 is 6.09 Å². The van der Waals surface area contributed by atoms with E-state index in [1.54, 1.807) is 27.0 Å². The molecule has 0 aromatic carbocycles. The molecule has 0 heterocycles. The van der Waals surface area contributed by atoms with Gasteiger partial charge in [-0.25, -0.2) is 4.79 Å². The Morgan fingerprint density at radius 3 is 1.96 bits per heavy atom. The van der Waals surface area contributed by atoms with Gasteiger partial charge in [0.2, 0.25) is 5.97 Å². The van der Waals surface area contributed by atoms with Crippen molar-refractivity contribution >= 4 is 23.8 Å². The first kappa shape index (κ1) is 27.1. The fraction of sp³-hybridized carbons (Fsp3) is 0.789. The molecule has 0 radical (unpaired) electrons.